The SMILES string of the molecule is C[C@@H](NC(=O)CN1C(=O)N[C@]2(CCc3ccccc32)C1=O)c1ccc2c(c1)OCO2. The van der Waals surface area contributed by atoms with Gasteiger partial charge in [0, 0.05) is 0 Å². The van der Waals surface area contributed by atoms with E-state index in [-0.39, 0.29) is 25.3 Å². The van der Waals surface area contributed by atoms with E-state index in [0.29, 0.717) is 24.3 Å². The molecule has 8 heteroatoms. The Bertz CT molecular complexity index is 1070. The van der Waals surface area contributed by atoms with E-state index in [4.69, 9.17) is 9.47 Å². The number of carbonyl (C=O) groups excluding carboxylic acids is 3. The highest BCUT2D eigenvalue weighted by Crippen LogP contribution is 2.41. The molecule has 2 N–H and O–H groups in total. The van der Waals surface area contributed by atoms with E-state index in [1.807, 2.05) is 43.3 Å². The Morgan fingerprint density at radius 3 is 2.87 bits per heavy atom. The minimum absolute atomic E-state index is 0.177. The van der Waals surface area contributed by atoms with Crippen LogP contribution in [0.5, 0.6) is 11.5 Å². The van der Waals surface area contributed by atoms with Crippen molar-refractivity contribution in [2.75, 3.05) is 13.3 Å². The molecule has 4 amide bonds. The first-order valence-corrected chi connectivity index (χ1v) is 9.89. The lowest BCUT2D eigenvalue weighted by Crippen LogP contribution is -2.44. The normalized spacial score (nSPS) is 22.2. The van der Waals surface area contributed by atoms with Gasteiger partial charge in [0.05, 0.1) is 6.04 Å². The average molecular weight is 407 g/mol. The average Bonchev–Trinajstić information content (AvgIpc) is 3.41. The monoisotopic (exact) mass is 407 g/mol. The fraction of sp³-hybridized carbons (Fsp3) is 0.318. The topological polar surface area (TPSA) is 97.0 Å². The Morgan fingerprint density at radius 2 is 2.00 bits per heavy atom. The van der Waals surface area contributed by atoms with E-state index in [2.05, 4.69) is 10.6 Å². The highest BCUT2D eigenvalue weighted by Gasteiger charge is 2.55. The fourth-order valence-electron chi connectivity index (χ4n) is 4.43. The first-order chi connectivity index (χ1) is 14.5. The van der Waals surface area contributed by atoms with Crippen LogP contribution in [0, 0.1) is 0 Å². The van der Waals surface area contributed by atoms with Gasteiger partial charge in [-0.1, -0.05) is 30.3 Å². The Balaban J connectivity index is 1.28. The Kier molecular flexibility index (Phi) is 4.16. The summed E-state index contributed by atoms with van der Waals surface area (Å²) in [6, 6.07) is 12.2. The number of fused-ring (bicyclic) bond motifs is 3. The lowest BCUT2D eigenvalue weighted by atomic mass is 9.92. The zero-order chi connectivity index (χ0) is 20.9. The van der Waals surface area contributed by atoms with Crippen molar-refractivity contribution in [2.24, 2.45) is 0 Å². The molecule has 5 rings (SSSR count). The molecule has 30 heavy (non-hydrogen) atoms. The zero-order valence-corrected chi connectivity index (χ0v) is 16.4. The van der Waals surface area contributed by atoms with E-state index < -0.39 is 17.5 Å². The van der Waals surface area contributed by atoms with Gasteiger partial charge in [0.2, 0.25) is 12.7 Å². The molecule has 2 aliphatic heterocycles. The standard InChI is InChI=1S/C22H21N3O5/c1-13(15-6-7-17-18(10-15)30-12-29-17)23-19(26)11-25-20(27)22(24-21(25)28)9-8-14-4-2-3-5-16(14)22/h2-7,10,13H,8-9,11-12H2,1H3,(H,23,26)(H,24,28)/t13-,22+/m1/s1. The molecule has 8 nitrogen and oxygen atoms in total. The van der Waals surface area contributed by atoms with Crippen LogP contribution in [0.3, 0.4) is 0 Å². The molecule has 0 unspecified atom stereocenters. The van der Waals surface area contributed by atoms with Gasteiger partial charge in [0.1, 0.15) is 12.1 Å². The van der Waals surface area contributed by atoms with Gasteiger partial charge in [-0.05, 0) is 48.6 Å². The summed E-state index contributed by atoms with van der Waals surface area (Å²) in [6.07, 6.45) is 1.21. The molecular weight excluding hydrogens is 386 g/mol. The van der Waals surface area contributed by atoms with E-state index in [9.17, 15) is 14.4 Å². The van der Waals surface area contributed by atoms with Crippen LogP contribution in [0.4, 0.5) is 4.79 Å². The van der Waals surface area contributed by atoms with Gasteiger partial charge >= 0.3 is 6.03 Å². The van der Waals surface area contributed by atoms with Crippen LogP contribution < -0.4 is 20.1 Å². The summed E-state index contributed by atoms with van der Waals surface area (Å²) >= 11 is 0. The number of hydrogen-bond donors (Lipinski definition) is 2. The summed E-state index contributed by atoms with van der Waals surface area (Å²) in [7, 11) is 0. The molecule has 0 radical (unpaired) electrons. The van der Waals surface area contributed by atoms with E-state index in [1.54, 1.807) is 6.07 Å². The van der Waals surface area contributed by atoms with Gasteiger partial charge in [-0.2, -0.15) is 0 Å². The first kappa shape index (κ1) is 18.5. The number of aryl methyl sites for hydroxylation is 1. The van der Waals surface area contributed by atoms with Crippen LogP contribution in [0.1, 0.15) is 36.1 Å². The fourth-order valence-corrected chi connectivity index (χ4v) is 4.43. The second-order valence-corrected chi connectivity index (χ2v) is 7.79. The molecule has 2 aromatic carbocycles. The summed E-state index contributed by atoms with van der Waals surface area (Å²) in [4.78, 5) is 39.3. The van der Waals surface area contributed by atoms with Gasteiger partial charge < -0.3 is 20.1 Å². The lowest BCUT2D eigenvalue weighted by molar-refractivity contribution is -0.135. The molecular formula is C22H21N3O5. The molecule has 2 aromatic rings. The van der Waals surface area contributed by atoms with Crippen molar-refractivity contribution in [2.45, 2.75) is 31.3 Å². The van der Waals surface area contributed by atoms with Crippen LogP contribution in [0.15, 0.2) is 42.5 Å². The summed E-state index contributed by atoms with van der Waals surface area (Å²) < 4.78 is 10.7. The molecule has 1 spiro atoms. The van der Waals surface area contributed by atoms with E-state index >= 15 is 0 Å². The first-order valence-electron chi connectivity index (χ1n) is 9.89. The Morgan fingerprint density at radius 1 is 1.20 bits per heavy atom. The van der Waals surface area contributed by atoms with Crippen LogP contribution in [-0.4, -0.2) is 36.1 Å². The van der Waals surface area contributed by atoms with E-state index in [0.717, 1.165) is 21.6 Å². The summed E-state index contributed by atoms with van der Waals surface area (Å²) in [6.45, 7) is 1.68. The third-order valence-corrected chi connectivity index (χ3v) is 6.00. The minimum atomic E-state index is -1.06. The predicted molar refractivity (Wildman–Crippen MR) is 106 cm³/mol. The number of urea groups is 1. The quantitative estimate of drug-likeness (QED) is 0.756. The van der Waals surface area contributed by atoms with Gasteiger partial charge in [-0.3, -0.25) is 14.5 Å². The largest absolute Gasteiger partial charge is 0.454 e. The van der Waals surface area contributed by atoms with Crippen molar-refractivity contribution in [3.63, 3.8) is 0 Å². The highest BCUT2D eigenvalue weighted by atomic mass is 16.7. The molecule has 0 bridgehead atoms. The zero-order valence-electron chi connectivity index (χ0n) is 16.4. The second-order valence-electron chi connectivity index (χ2n) is 7.79. The summed E-state index contributed by atoms with van der Waals surface area (Å²) in [5.74, 6) is 0.513. The molecule has 3 aliphatic rings. The number of rotatable bonds is 4. The molecule has 0 saturated carbocycles. The number of nitrogens with one attached hydrogen (secondary N) is 2. The number of carbonyl (C=O) groups is 3. The van der Waals surface area contributed by atoms with Crippen LogP contribution in [0.25, 0.3) is 0 Å². The molecule has 2 heterocycles. The summed E-state index contributed by atoms with van der Waals surface area (Å²) in [5, 5.41) is 5.68. The molecule has 1 saturated heterocycles. The van der Waals surface area contributed by atoms with Crippen LogP contribution in [0.2, 0.25) is 0 Å². The number of imide groups is 1. The molecule has 1 fully saturated rings. The maximum atomic E-state index is 13.2. The second kappa shape index (κ2) is 6.76. The predicted octanol–water partition coefficient (Wildman–Crippen LogP) is 1.99. The van der Waals surface area contributed by atoms with Gasteiger partial charge in [0.15, 0.2) is 11.5 Å². The highest BCUT2D eigenvalue weighted by molar-refractivity contribution is 6.09. The molecule has 0 aromatic heterocycles. The van der Waals surface area contributed by atoms with E-state index in [1.165, 1.54) is 0 Å². The van der Waals surface area contributed by atoms with Crippen molar-refractivity contribution >= 4 is 17.8 Å². The molecule has 154 valence electrons. The summed E-state index contributed by atoms with van der Waals surface area (Å²) in [5.41, 5.74) is 1.65. The number of ether oxygens (including phenoxy) is 2. The van der Waals surface area contributed by atoms with Crippen molar-refractivity contribution in [1.82, 2.24) is 15.5 Å². The van der Waals surface area contributed by atoms with Gasteiger partial charge in [-0.15, -0.1) is 0 Å². The third-order valence-electron chi connectivity index (χ3n) is 6.00. The maximum Gasteiger partial charge on any atom is 0.325 e. The molecule has 1 aliphatic carbocycles. The number of benzene rings is 2. The van der Waals surface area contributed by atoms with Crippen molar-refractivity contribution < 1.29 is 23.9 Å². The number of hydrogen-bond acceptors (Lipinski definition) is 5. The van der Waals surface area contributed by atoms with Gasteiger partial charge in [0.25, 0.3) is 5.91 Å². The third kappa shape index (κ3) is 2.79. The maximum absolute atomic E-state index is 13.2. The minimum Gasteiger partial charge on any atom is -0.454 e. The number of nitrogens with zero attached hydrogens (tertiary/aromatic N) is 1. The van der Waals surface area contributed by atoms with Crippen molar-refractivity contribution in [1.29, 1.82) is 0 Å². The van der Waals surface area contributed by atoms with Crippen molar-refractivity contribution in [3.05, 3.63) is 59.2 Å². The van der Waals surface area contributed by atoms with Crippen LogP contribution >= 0.6 is 0 Å². The smallest absolute Gasteiger partial charge is 0.325 e. The van der Waals surface area contributed by atoms with Crippen LogP contribution in [-0.2, 0) is 21.5 Å². The Hall–Kier alpha value is -3.55. The lowest BCUT2D eigenvalue weighted by Gasteiger charge is -2.22. The Labute approximate surface area is 173 Å². The van der Waals surface area contributed by atoms with Gasteiger partial charge in [-0.25, -0.2) is 4.79 Å². The van der Waals surface area contributed by atoms with Crippen molar-refractivity contribution in [3.8, 4) is 11.5 Å². The molecule has 2 atom stereocenters. The number of amides is 4.